The number of anilines is 1. The zero-order valence-corrected chi connectivity index (χ0v) is 16.6. The number of para-hydroxylation sites is 1. The first-order chi connectivity index (χ1) is 12.4. The van der Waals surface area contributed by atoms with Crippen LogP contribution in [0.15, 0.2) is 47.4 Å². The average Bonchev–Trinajstić information content (AvgIpc) is 2.62. The van der Waals surface area contributed by atoms with Crippen LogP contribution in [-0.2, 0) is 21.3 Å². The minimum Gasteiger partial charge on any atom is -0.378 e. The summed E-state index contributed by atoms with van der Waals surface area (Å²) >= 11 is 5.96. The van der Waals surface area contributed by atoms with Crippen molar-refractivity contribution in [2.24, 2.45) is 0 Å². The summed E-state index contributed by atoms with van der Waals surface area (Å²) in [6, 6.07) is 12.8. The molecule has 1 heterocycles. The standard InChI is InChI=1S/C19H23ClN2O3S/c1-15-13-17(20)7-8-19(15)26(23,24)21(2)14-16-5-3-4-6-18(16)22-9-11-25-12-10-22/h3-8,13H,9-12,14H2,1-2H3. The number of sulfonamides is 1. The van der Waals surface area contributed by atoms with Crippen LogP contribution in [0.1, 0.15) is 11.1 Å². The van der Waals surface area contributed by atoms with Crippen molar-refractivity contribution in [2.45, 2.75) is 18.4 Å². The van der Waals surface area contributed by atoms with Crippen LogP contribution in [0.25, 0.3) is 0 Å². The second kappa shape index (κ2) is 7.96. The first-order valence-electron chi connectivity index (χ1n) is 8.52. The SMILES string of the molecule is Cc1cc(Cl)ccc1S(=O)(=O)N(C)Cc1ccccc1N1CCOCC1. The Morgan fingerprint density at radius 1 is 1.15 bits per heavy atom. The Kier molecular flexibility index (Phi) is 5.87. The molecule has 0 saturated carbocycles. The summed E-state index contributed by atoms with van der Waals surface area (Å²) in [7, 11) is -1.99. The number of nitrogens with zero attached hydrogens (tertiary/aromatic N) is 2. The Balaban J connectivity index is 1.86. The lowest BCUT2D eigenvalue weighted by molar-refractivity contribution is 0.122. The van der Waals surface area contributed by atoms with E-state index in [4.69, 9.17) is 16.3 Å². The number of hydrogen-bond acceptors (Lipinski definition) is 4. The quantitative estimate of drug-likeness (QED) is 0.780. The van der Waals surface area contributed by atoms with Gasteiger partial charge in [-0.05, 0) is 42.3 Å². The molecule has 5 nitrogen and oxygen atoms in total. The van der Waals surface area contributed by atoms with Gasteiger partial charge in [0.2, 0.25) is 10.0 Å². The highest BCUT2D eigenvalue weighted by Gasteiger charge is 2.24. The van der Waals surface area contributed by atoms with E-state index in [-0.39, 0.29) is 4.90 Å². The van der Waals surface area contributed by atoms with Crippen LogP contribution in [-0.4, -0.2) is 46.1 Å². The molecule has 0 amide bonds. The van der Waals surface area contributed by atoms with Crippen molar-refractivity contribution < 1.29 is 13.2 Å². The van der Waals surface area contributed by atoms with Gasteiger partial charge < -0.3 is 9.64 Å². The molecule has 7 heteroatoms. The number of rotatable bonds is 5. The highest BCUT2D eigenvalue weighted by atomic mass is 35.5. The molecule has 2 aromatic carbocycles. The van der Waals surface area contributed by atoms with Gasteiger partial charge in [-0.1, -0.05) is 29.8 Å². The van der Waals surface area contributed by atoms with E-state index in [0.717, 1.165) is 24.3 Å². The van der Waals surface area contributed by atoms with E-state index in [0.29, 0.717) is 30.3 Å². The minimum atomic E-state index is -3.60. The molecule has 0 radical (unpaired) electrons. The first-order valence-corrected chi connectivity index (χ1v) is 10.3. The van der Waals surface area contributed by atoms with Crippen LogP contribution in [0.2, 0.25) is 5.02 Å². The van der Waals surface area contributed by atoms with Crippen molar-refractivity contribution in [3.05, 3.63) is 58.6 Å². The second-order valence-electron chi connectivity index (χ2n) is 6.40. The molecule has 0 aliphatic carbocycles. The van der Waals surface area contributed by atoms with Crippen LogP contribution in [0.3, 0.4) is 0 Å². The normalized spacial score (nSPS) is 15.5. The molecule has 1 fully saturated rings. The van der Waals surface area contributed by atoms with Gasteiger partial charge in [0.25, 0.3) is 0 Å². The Morgan fingerprint density at radius 2 is 1.85 bits per heavy atom. The maximum absolute atomic E-state index is 13.0. The van der Waals surface area contributed by atoms with E-state index < -0.39 is 10.0 Å². The molecule has 0 spiro atoms. The molecule has 1 saturated heterocycles. The summed E-state index contributed by atoms with van der Waals surface area (Å²) < 4.78 is 32.8. The van der Waals surface area contributed by atoms with Crippen molar-refractivity contribution in [1.29, 1.82) is 0 Å². The number of morpholine rings is 1. The van der Waals surface area contributed by atoms with Crippen LogP contribution in [0.5, 0.6) is 0 Å². The van der Waals surface area contributed by atoms with Crippen LogP contribution >= 0.6 is 11.6 Å². The molecule has 1 aliphatic rings. The maximum Gasteiger partial charge on any atom is 0.243 e. The Bertz CT molecular complexity index is 880. The van der Waals surface area contributed by atoms with Gasteiger partial charge in [0, 0.05) is 37.4 Å². The molecule has 26 heavy (non-hydrogen) atoms. The van der Waals surface area contributed by atoms with E-state index in [9.17, 15) is 8.42 Å². The van der Waals surface area contributed by atoms with E-state index in [1.54, 1.807) is 32.2 Å². The van der Waals surface area contributed by atoms with Crippen LogP contribution in [0, 0.1) is 6.92 Å². The molecular formula is C19H23ClN2O3S. The van der Waals surface area contributed by atoms with E-state index in [1.807, 2.05) is 24.3 Å². The van der Waals surface area contributed by atoms with Crippen LogP contribution in [0.4, 0.5) is 5.69 Å². The Hall–Kier alpha value is -1.60. The monoisotopic (exact) mass is 394 g/mol. The largest absolute Gasteiger partial charge is 0.378 e. The van der Waals surface area contributed by atoms with Crippen LogP contribution < -0.4 is 4.90 Å². The minimum absolute atomic E-state index is 0.285. The zero-order valence-electron chi connectivity index (χ0n) is 15.0. The molecule has 0 aromatic heterocycles. The topological polar surface area (TPSA) is 49.9 Å². The third kappa shape index (κ3) is 4.04. The molecule has 140 valence electrons. The Labute approximate surface area is 160 Å². The smallest absolute Gasteiger partial charge is 0.243 e. The molecule has 0 unspecified atom stereocenters. The molecule has 1 aliphatic heterocycles. The van der Waals surface area contributed by atoms with Gasteiger partial charge in [-0.25, -0.2) is 8.42 Å². The predicted octanol–water partition coefficient (Wildman–Crippen LogP) is 3.31. The predicted molar refractivity (Wildman–Crippen MR) is 104 cm³/mol. The lowest BCUT2D eigenvalue weighted by atomic mass is 10.1. The van der Waals surface area contributed by atoms with Gasteiger partial charge in [0.05, 0.1) is 18.1 Å². The van der Waals surface area contributed by atoms with Gasteiger partial charge in [-0.3, -0.25) is 0 Å². The van der Waals surface area contributed by atoms with Gasteiger partial charge in [-0.2, -0.15) is 4.31 Å². The summed E-state index contributed by atoms with van der Waals surface area (Å²) in [5.74, 6) is 0. The summed E-state index contributed by atoms with van der Waals surface area (Å²) in [6.45, 7) is 5.05. The summed E-state index contributed by atoms with van der Waals surface area (Å²) in [5, 5.41) is 0.529. The lowest BCUT2D eigenvalue weighted by Gasteiger charge is -2.31. The first kappa shape index (κ1) is 19.2. The highest BCUT2D eigenvalue weighted by molar-refractivity contribution is 7.89. The summed E-state index contributed by atoms with van der Waals surface area (Å²) in [4.78, 5) is 2.53. The van der Waals surface area contributed by atoms with Crippen molar-refractivity contribution in [1.82, 2.24) is 4.31 Å². The lowest BCUT2D eigenvalue weighted by Crippen LogP contribution is -2.37. The molecule has 0 bridgehead atoms. The number of aryl methyl sites for hydroxylation is 1. The average molecular weight is 395 g/mol. The molecule has 0 N–H and O–H groups in total. The fourth-order valence-electron chi connectivity index (χ4n) is 3.15. The summed E-state index contributed by atoms with van der Waals surface area (Å²) in [5.41, 5.74) is 2.68. The van der Waals surface area contributed by atoms with Crippen molar-refractivity contribution in [3.8, 4) is 0 Å². The number of ether oxygens (including phenoxy) is 1. The summed E-state index contributed by atoms with van der Waals surface area (Å²) in [6.07, 6.45) is 0. The van der Waals surface area contributed by atoms with Gasteiger partial charge in [0.15, 0.2) is 0 Å². The van der Waals surface area contributed by atoms with Crippen molar-refractivity contribution >= 4 is 27.3 Å². The van der Waals surface area contributed by atoms with Crippen molar-refractivity contribution in [3.63, 3.8) is 0 Å². The van der Waals surface area contributed by atoms with E-state index >= 15 is 0 Å². The third-order valence-electron chi connectivity index (χ3n) is 4.56. The maximum atomic E-state index is 13.0. The Morgan fingerprint density at radius 3 is 2.54 bits per heavy atom. The second-order valence-corrected chi connectivity index (χ2v) is 8.85. The number of benzene rings is 2. The van der Waals surface area contributed by atoms with E-state index in [2.05, 4.69) is 4.90 Å². The van der Waals surface area contributed by atoms with Gasteiger partial charge >= 0.3 is 0 Å². The fourth-order valence-corrected chi connectivity index (χ4v) is 4.73. The number of halogens is 1. The van der Waals surface area contributed by atoms with Crippen molar-refractivity contribution in [2.75, 3.05) is 38.3 Å². The molecule has 3 rings (SSSR count). The molecular weight excluding hydrogens is 372 g/mol. The van der Waals surface area contributed by atoms with Gasteiger partial charge in [0.1, 0.15) is 0 Å². The number of hydrogen-bond donors (Lipinski definition) is 0. The molecule has 2 aromatic rings. The zero-order chi connectivity index (χ0) is 18.7. The van der Waals surface area contributed by atoms with Gasteiger partial charge in [-0.15, -0.1) is 0 Å². The fraction of sp³-hybridized carbons (Fsp3) is 0.368. The highest BCUT2D eigenvalue weighted by Crippen LogP contribution is 2.27. The van der Waals surface area contributed by atoms with E-state index in [1.165, 1.54) is 4.31 Å². The molecule has 0 atom stereocenters. The third-order valence-corrected chi connectivity index (χ3v) is 6.76.